The number of methoxy groups -OCH3 is 2. The average molecular weight is 425 g/mol. The van der Waals surface area contributed by atoms with Gasteiger partial charge in [-0.2, -0.15) is 5.10 Å². The normalized spacial score (nSPS) is 11.8. The van der Waals surface area contributed by atoms with Crippen molar-refractivity contribution in [3.05, 3.63) is 65.2 Å². The number of amides is 2. The van der Waals surface area contributed by atoms with Crippen LogP contribution in [0.15, 0.2) is 53.6 Å². The molecule has 0 aliphatic heterocycles. The molecule has 0 fully saturated rings. The van der Waals surface area contributed by atoms with Crippen LogP contribution in [0.2, 0.25) is 0 Å². The monoisotopic (exact) mass is 425 g/mol. The number of carbonyl (C=O) groups excluding carboxylic acids is 3. The first-order valence-corrected chi connectivity index (χ1v) is 9.77. The molecule has 0 bridgehead atoms. The molecule has 0 aliphatic carbocycles. The second kappa shape index (κ2) is 11.5. The van der Waals surface area contributed by atoms with Gasteiger partial charge in [0.1, 0.15) is 11.8 Å². The van der Waals surface area contributed by atoms with Gasteiger partial charge in [0.05, 0.1) is 32.4 Å². The summed E-state index contributed by atoms with van der Waals surface area (Å²) in [5, 5.41) is 6.70. The van der Waals surface area contributed by atoms with Gasteiger partial charge in [-0.05, 0) is 41.3 Å². The number of hydrogen-bond acceptors (Lipinski definition) is 6. The number of ether oxygens (including phenoxy) is 2. The highest BCUT2D eigenvalue weighted by molar-refractivity contribution is 5.91. The molecule has 2 aromatic rings. The SMILES string of the molecule is COC(=O)c1ccc(/C=N\NC(=O)[C@@H](NC(=O)Cc2ccc(OC)cc2)C(C)C)cc1. The van der Waals surface area contributed by atoms with Crippen LogP contribution in [0.5, 0.6) is 5.75 Å². The first-order chi connectivity index (χ1) is 14.8. The third-order valence-corrected chi connectivity index (χ3v) is 4.51. The topological polar surface area (TPSA) is 106 Å². The summed E-state index contributed by atoms with van der Waals surface area (Å²) in [7, 11) is 2.89. The Hall–Kier alpha value is -3.68. The van der Waals surface area contributed by atoms with E-state index >= 15 is 0 Å². The number of hydrogen-bond donors (Lipinski definition) is 2. The van der Waals surface area contributed by atoms with Gasteiger partial charge in [-0.1, -0.05) is 38.1 Å². The van der Waals surface area contributed by atoms with E-state index in [0.717, 1.165) is 5.56 Å². The summed E-state index contributed by atoms with van der Waals surface area (Å²) in [6.45, 7) is 3.68. The fraction of sp³-hybridized carbons (Fsp3) is 0.304. The zero-order valence-electron chi connectivity index (χ0n) is 18.0. The van der Waals surface area contributed by atoms with Crippen molar-refractivity contribution in [2.75, 3.05) is 14.2 Å². The summed E-state index contributed by atoms with van der Waals surface area (Å²) in [4.78, 5) is 36.4. The number of esters is 1. The summed E-state index contributed by atoms with van der Waals surface area (Å²) in [6, 6.07) is 13.0. The van der Waals surface area contributed by atoms with Crippen molar-refractivity contribution in [2.45, 2.75) is 26.3 Å². The lowest BCUT2D eigenvalue weighted by Crippen LogP contribution is -2.49. The van der Waals surface area contributed by atoms with E-state index in [1.165, 1.54) is 13.3 Å². The minimum absolute atomic E-state index is 0.130. The molecular formula is C23H27N3O5. The van der Waals surface area contributed by atoms with Gasteiger partial charge >= 0.3 is 5.97 Å². The molecule has 0 spiro atoms. The van der Waals surface area contributed by atoms with Gasteiger partial charge in [0.2, 0.25) is 5.91 Å². The summed E-state index contributed by atoms with van der Waals surface area (Å²) >= 11 is 0. The quantitative estimate of drug-likeness (QED) is 0.364. The van der Waals surface area contributed by atoms with Crippen molar-refractivity contribution in [1.29, 1.82) is 0 Å². The van der Waals surface area contributed by atoms with Gasteiger partial charge < -0.3 is 14.8 Å². The molecule has 0 heterocycles. The summed E-state index contributed by atoms with van der Waals surface area (Å²) in [6.07, 6.45) is 1.60. The lowest BCUT2D eigenvalue weighted by Gasteiger charge is -2.20. The number of carbonyl (C=O) groups is 3. The molecule has 0 saturated carbocycles. The van der Waals surface area contributed by atoms with Crippen LogP contribution in [0.1, 0.15) is 35.3 Å². The summed E-state index contributed by atoms with van der Waals surface area (Å²) < 4.78 is 9.75. The predicted octanol–water partition coefficient (Wildman–Crippen LogP) is 2.32. The standard InChI is InChI=1S/C23H27N3O5/c1-15(2)21(25-20(27)13-16-7-11-19(30-3)12-8-16)22(28)26-24-14-17-5-9-18(10-6-17)23(29)31-4/h5-12,14-15,21H,13H2,1-4H3,(H,25,27)(H,26,28)/b24-14-/t21-/m0/s1. The Bertz CT molecular complexity index is 921. The molecule has 31 heavy (non-hydrogen) atoms. The maximum Gasteiger partial charge on any atom is 0.337 e. The van der Waals surface area contributed by atoms with E-state index < -0.39 is 17.9 Å². The summed E-state index contributed by atoms with van der Waals surface area (Å²) in [5.41, 5.74) is 4.38. The highest BCUT2D eigenvalue weighted by atomic mass is 16.5. The van der Waals surface area contributed by atoms with Crippen LogP contribution in [0.25, 0.3) is 0 Å². The van der Waals surface area contributed by atoms with Crippen molar-refractivity contribution in [3.63, 3.8) is 0 Å². The smallest absolute Gasteiger partial charge is 0.337 e. The third-order valence-electron chi connectivity index (χ3n) is 4.51. The lowest BCUT2D eigenvalue weighted by atomic mass is 10.0. The van der Waals surface area contributed by atoms with Gasteiger partial charge in [-0.15, -0.1) is 0 Å². The van der Waals surface area contributed by atoms with E-state index in [1.807, 2.05) is 13.8 Å². The molecular weight excluding hydrogens is 398 g/mol. The molecule has 2 aromatic carbocycles. The van der Waals surface area contributed by atoms with Gasteiger partial charge in [-0.25, -0.2) is 10.2 Å². The van der Waals surface area contributed by atoms with Gasteiger partial charge in [0.25, 0.3) is 5.91 Å². The molecule has 2 amide bonds. The molecule has 2 rings (SSSR count). The molecule has 0 radical (unpaired) electrons. The van der Waals surface area contributed by atoms with E-state index in [0.29, 0.717) is 16.9 Å². The van der Waals surface area contributed by atoms with Crippen molar-refractivity contribution in [3.8, 4) is 5.75 Å². The molecule has 8 nitrogen and oxygen atoms in total. The maximum atomic E-state index is 12.5. The van der Waals surface area contributed by atoms with E-state index in [2.05, 4.69) is 20.6 Å². The van der Waals surface area contributed by atoms with Crippen LogP contribution in [0.4, 0.5) is 0 Å². The average Bonchev–Trinajstić information content (AvgIpc) is 2.77. The molecule has 2 N–H and O–H groups in total. The van der Waals surface area contributed by atoms with Gasteiger partial charge in [0, 0.05) is 0 Å². The Morgan fingerprint density at radius 1 is 1.00 bits per heavy atom. The fourth-order valence-corrected chi connectivity index (χ4v) is 2.75. The van der Waals surface area contributed by atoms with Crippen LogP contribution in [-0.2, 0) is 20.7 Å². The number of nitrogens with one attached hydrogen (secondary N) is 2. The zero-order valence-corrected chi connectivity index (χ0v) is 18.0. The van der Waals surface area contributed by atoms with Crippen LogP contribution in [0.3, 0.4) is 0 Å². The third kappa shape index (κ3) is 7.26. The molecule has 0 aromatic heterocycles. The molecule has 1 atom stereocenters. The molecule has 8 heteroatoms. The van der Waals surface area contributed by atoms with E-state index in [4.69, 9.17) is 4.74 Å². The Morgan fingerprint density at radius 2 is 1.65 bits per heavy atom. The molecule has 0 unspecified atom stereocenters. The Balaban J connectivity index is 1.92. The highest BCUT2D eigenvalue weighted by Crippen LogP contribution is 2.12. The predicted molar refractivity (Wildman–Crippen MR) is 117 cm³/mol. The molecule has 0 saturated heterocycles. The van der Waals surface area contributed by atoms with Crippen LogP contribution < -0.4 is 15.5 Å². The zero-order chi connectivity index (χ0) is 22.8. The Labute approximate surface area is 181 Å². The minimum Gasteiger partial charge on any atom is -0.497 e. The van der Waals surface area contributed by atoms with Gasteiger partial charge in [0.15, 0.2) is 0 Å². The maximum absolute atomic E-state index is 12.5. The van der Waals surface area contributed by atoms with Crippen LogP contribution in [-0.4, -0.2) is 44.3 Å². The molecule has 0 aliphatic rings. The minimum atomic E-state index is -0.732. The number of rotatable bonds is 9. The van der Waals surface area contributed by atoms with E-state index in [-0.39, 0.29) is 18.2 Å². The lowest BCUT2D eigenvalue weighted by molar-refractivity contribution is -0.129. The largest absolute Gasteiger partial charge is 0.497 e. The van der Waals surface area contributed by atoms with Crippen molar-refractivity contribution in [1.82, 2.24) is 10.7 Å². The Morgan fingerprint density at radius 3 is 2.19 bits per heavy atom. The van der Waals surface area contributed by atoms with Gasteiger partial charge in [-0.3, -0.25) is 9.59 Å². The number of benzene rings is 2. The second-order valence-corrected chi connectivity index (χ2v) is 7.16. The highest BCUT2D eigenvalue weighted by Gasteiger charge is 2.24. The first-order valence-electron chi connectivity index (χ1n) is 9.77. The second-order valence-electron chi connectivity index (χ2n) is 7.16. The van der Waals surface area contributed by atoms with Crippen LogP contribution in [0, 0.1) is 5.92 Å². The summed E-state index contributed by atoms with van der Waals surface area (Å²) in [5.74, 6) is -0.528. The first kappa shape index (κ1) is 23.6. The Kier molecular flexibility index (Phi) is 8.75. The van der Waals surface area contributed by atoms with Crippen LogP contribution >= 0.6 is 0 Å². The molecule has 164 valence electrons. The number of nitrogens with zero attached hydrogens (tertiary/aromatic N) is 1. The van der Waals surface area contributed by atoms with Crippen molar-refractivity contribution < 1.29 is 23.9 Å². The van der Waals surface area contributed by atoms with Crippen molar-refractivity contribution >= 4 is 24.0 Å². The fourth-order valence-electron chi connectivity index (χ4n) is 2.75. The number of hydrazone groups is 1. The van der Waals surface area contributed by atoms with E-state index in [9.17, 15) is 14.4 Å². The van der Waals surface area contributed by atoms with E-state index in [1.54, 1.807) is 55.6 Å². The van der Waals surface area contributed by atoms with Crippen molar-refractivity contribution in [2.24, 2.45) is 11.0 Å².